The standard InChI is InChI=1S/C14H12Br2N2O/c1-8-6-11(16)13(7-12(8)17)18-14(19)9-2-4-10(15)5-3-9/h2-7H,17H2,1H3,(H,18,19). The molecule has 0 aliphatic carbocycles. The number of carbonyl (C=O) groups excluding carboxylic acids is 1. The number of aryl methyl sites for hydroxylation is 1. The average molecular weight is 384 g/mol. The van der Waals surface area contributed by atoms with Crippen LogP contribution in [0.25, 0.3) is 0 Å². The Hall–Kier alpha value is -1.33. The predicted molar refractivity (Wildman–Crippen MR) is 85.4 cm³/mol. The van der Waals surface area contributed by atoms with Crippen molar-refractivity contribution in [3.8, 4) is 0 Å². The highest BCUT2D eigenvalue weighted by Crippen LogP contribution is 2.28. The van der Waals surface area contributed by atoms with Crippen molar-refractivity contribution in [1.82, 2.24) is 0 Å². The van der Waals surface area contributed by atoms with Gasteiger partial charge in [-0.2, -0.15) is 0 Å². The zero-order valence-electron chi connectivity index (χ0n) is 10.2. The molecule has 3 N–H and O–H groups in total. The van der Waals surface area contributed by atoms with E-state index in [-0.39, 0.29) is 5.91 Å². The summed E-state index contributed by atoms with van der Waals surface area (Å²) in [6.07, 6.45) is 0. The van der Waals surface area contributed by atoms with Gasteiger partial charge >= 0.3 is 0 Å². The second kappa shape index (κ2) is 5.75. The van der Waals surface area contributed by atoms with Crippen LogP contribution in [0.1, 0.15) is 15.9 Å². The third-order valence-corrected chi connectivity index (χ3v) is 3.90. The van der Waals surface area contributed by atoms with E-state index in [9.17, 15) is 4.79 Å². The number of hydrogen-bond acceptors (Lipinski definition) is 2. The predicted octanol–water partition coefficient (Wildman–Crippen LogP) is 4.35. The summed E-state index contributed by atoms with van der Waals surface area (Å²) in [7, 11) is 0. The Morgan fingerprint density at radius 1 is 1.16 bits per heavy atom. The van der Waals surface area contributed by atoms with Crippen molar-refractivity contribution in [2.24, 2.45) is 0 Å². The fourth-order valence-electron chi connectivity index (χ4n) is 1.58. The Labute approximate surface area is 128 Å². The minimum Gasteiger partial charge on any atom is -0.398 e. The first-order valence-corrected chi connectivity index (χ1v) is 7.18. The summed E-state index contributed by atoms with van der Waals surface area (Å²) in [6, 6.07) is 10.8. The molecule has 19 heavy (non-hydrogen) atoms. The summed E-state index contributed by atoms with van der Waals surface area (Å²) < 4.78 is 1.74. The van der Waals surface area contributed by atoms with E-state index in [1.807, 2.05) is 25.1 Å². The molecule has 0 aliphatic rings. The lowest BCUT2D eigenvalue weighted by atomic mass is 10.1. The first kappa shape index (κ1) is 14.1. The molecular formula is C14H12Br2N2O. The summed E-state index contributed by atoms with van der Waals surface area (Å²) >= 11 is 6.75. The van der Waals surface area contributed by atoms with Crippen LogP contribution in [0.4, 0.5) is 11.4 Å². The van der Waals surface area contributed by atoms with Crippen LogP contribution in [0.2, 0.25) is 0 Å². The Kier molecular flexibility index (Phi) is 4.27. The molecule has 0 bridgehead atoms. The van der Waals surface area contributed by atoms with Crippen molar-refractivity contribution in [2.45, 2.75) is 6.92 Å². The molecule has 3 nitrogen and oxygen atoms in total. The summed E-state index contributed by atoms with van der Waals surface area (Å²) in [5.41, 5.74) is 8.71. The topological polar surface area (TPSA) is 55.1 Å². The number of nitrogens with two attached hydrogens (primary N) is 1. The molecule has 0 aromatic heterocycles. The van der Waals surface area contributed by atoms with Crippen LogP contribution in [0, 0.1) is 6.92 Å². The molecule has 0 fully saturated rings. The molecule has 0 aliphatic heterocycles. The van der Waals surface area contributed by atoms with Gasteiger partial charge in [0.2, 0.25) is 0 Å². The molecule has 0 heterocycles. The maximum atomic E-state index is 12.1. The fraction of sp³-hybridized carbons (Fsp3) is 0.0714. The Bertz CT molecular complexity index is 624. The van der Waals surface area contributed by atoms with E-state index in [1.54, 1.807) is 18.2 Å². The zero-order valence-corrected chi connectivity index (χ0v) is 13.4. The van der Waals surface area contributed by atoms with E-state index in [0.29, 0.717) is 16.9 Å². The van der Waals surface area contributed by atoms with Gasteiger partial charge in [-0.1, -0.05) is 15.9 Å². The van der Waals surface area contributed by atoms with Crippen LogP contribution < -0.4 is 11.1 Å². The summed E-state index contributed by atoms with van der Waals surface area (Å²) in [4.78, 5) is 12.1. The molecule has 0 atom stereocenters. The van der Waals surface area contributed by atoms with Crippen LogP contribution in [0.3, 0.4) is 0 Å². The molecular weight excluding hydrogens is 372 g/mol. The van der Waals surface area contributed by atoms with Gasteiger partial charge in [-0.25, -0.2) is 0 Å². The maximum absolute atomic E-state index is 12.1. The quantitative estimate of drug-likeness (QED) is 0.757. The highest BCUT2D eigenvalue weighted by atomic mass is 79.9. The minimum absolute atomic E-state index is 0.170. The normalized spacial score (nSPS) is 10.3. The number of nitrogens with one attached hydrogen (secondary N) is 1. The highest BCUT2D eigenvalue weighted by Gasteiger charge is 2.09. The van der Waals surface area contributed by atoms with Gasteiger partial charge in [0.05, 0.1) is 5.69 Å². The monoisotopic (exact) mass is 382 g/mol. The minimum atomic E-state index is -0.170. The van der Waals surface area contributed by atoms with E-state index >= 15 is 0 Å². The summed E-state index contributed by atoms with van der Waals surface area (Å²) in [5, 5.41) is 2.83. The molecule has 1 amide bonds. The van der Waals surface area contributed by atoms with Crippen LogP contribution in [-0.2, 0) is 0 Å². The van der Waals surface area contributed by atoms with Crippen LogP contribution in [-0.4, -0.2) is 5.91 Å². The third kappa shape index (κ3) is 3.36. The molecule has 0 unspecified atom stereocenters. The van der Waals surface area contributed by atoms with Crippen molar-refractivity contribution in [3.63, 3.8) is 0 Å². The van der Waals surface area contributed by atoms with Crippen molar-refractivity contribution in [3.05, 3.63) is 56.5 Å². The van der Waals surface area contributed by atoms with Crippen molar-refractivity contribution >= 4 is 49.1 Å². The number of halogens is 2. The molecule has 0 spiro atoms. The molecule has 0 saturated heterocycles. The molecule has 2 aromatic rings. The van der Waals surface area contributed by atoms with Crippen molar-refractivity contribution < 1.29 is 4.79 Å². The summed E-state index contributed by atoms with van der Waals surface area (Å²) in [6.45, 7) is 1.92. The fourth-order valence-corrected chi connectivity index (χ4v) is 2.40. The second-order valence-corrected chi connectivity index (χ2v) is 5.92. The second-order valence-electron chi connectivity index (χ2n) is 4.15. The number of amides is 1. The number of nitrogen functional groups attached to an aromatic ring is 1. The van der Waals surface area contributed by atoms with Crippen LogP contribution in [0.15, 0.2) is 45.3 Å². The lowest BCUT2D eigenvalue weighted by Crippen LogP contribution is -2.12. The Morgan fingerprint density at radius 3 is 2.42 bits per heavy atom. The SMILES string of the molecule is Cc1cc(Br)c(NC(=O)c2ccc(Br)cc2)cc1N. The van der Waals surface area contributed by atoms with E-state index < -0.39 is 0 Å². The summed E-state index contributed by atoms with van der Waals surface area (Å²) in [5.74, 6) is -0.170. The number of rotatable bonds is 2. The molecule has 0 radical (unpaired) electrons. The lowest BCUT2D eigenvalue weighted by molar-refractivity contribution is 0.102. The van der Waals surface area contributed by atoms with Crippen LogP contribution in [0.5, 0.6) is 0 Å². The zero-order chi connectivity index (χ0) is 14.0. The number of anilines is 2. The average Bonchev–Trinajstić information content (AvgIpc) is 2.36. The van der Waals surface area contributed by atoms with E-state index in [4.69, 9.17) is 5.73 Å². The number of carbonyl (C=O) groups is 1. The van der Waals surface area contributed by atoms with E-state index in [0.717, 1.165) is 14.5 Å². The van der Waals surface area contributed by atoms with Crippen LogP contribution >= 0.6 is 31.9 Å². The first-order chi connectivity index (χ1) is 8.97. The lowest BCUT2D eigenvalue weighted by Gasteiger charge is -2.10. The van der Waals surface area contributed by atoms with Gasteiger partial charge in [0.25, 0.3) is 5.91 Å². The van der Waals surface area contributed by atoms with Gasteiger partial charge in [-0.05, 0) is 64.8 Å². The van der Waals surface area contributed by atoms with Gasteiger partial charge in [0, 0.05) is 20.2 Å². The van der Waals surface area contributed by atoms with E-state index in [2.05, 4.69) is 37.2 Å². The van der Waals surface area contributed by atoms with E-state index in [1.165, 1.54) is 0 Å². The van der Waals surface area contributed by atoms with Gasteiger partial charge < -0.3 is 11.1 Å². The Balaban J connectivity index is 2.24. The highest BCUT2D eigenvalue weighted by molar-refractivity contribution is 9.10. The first-order valence-electron chi connectivity index (χ1n) is 5.60. The molecule has 98 valence electrons. The maximum Gasteiger partial charge on any atom is 0.255 e. The molecule has 2 aromatic carbocycles. The van der Waals surface area contributed by atoms with Crippen molar-refractivity contribution in [1.29, 1.82) is 0 Å². The van der Waals surface area contributed by atoms with Gasteiger partial charge in [0.1, 0.15) is 0 Å². The largest absolute Gasteiger partial charge is 0.398 e. The third-order valence-electron chi connectivity index (χ3n) is 2.71. The van der Waals surface area contributed by atoms with Crippen molar-refractivity contribution in [2.75, 3.05) is 11.1 Å². The van der Waals surface area contributed by atoms with Gasteiger partial charge in [0.15, 0.2) is 0 Å². The van der Waals surface area contributed by atoms with Gasteiger partial charge in [-0.3, -0.25) is 4.79 Å². The van der Waals surface area contributed by atoms with Gasteiger partial charge in [-0.15, -0.1) is 0 Å². The number of benzene rings is 2. The molecule has 0 saturated carbocycles. The molecule has 5 heteroatoms. The Morgan fingerprint density at radius 2 is 1.79 bits per heavy atom. The number of hydrogen-bond donors (Lipinski definition) is 2. The smallest absolute Gasteiger partial charge is 0.255 e. The molecule has 2 rings (SSSR count).